The summed E-state index contributed by atoms with van der Waals surface area (Å²) in [5, 5.41) is 0. The van der Waals surface area contributed by atoms with E-state index in [1.54, 1.807) is 18.2 Å². The lowest BCUT2D eigenvalue weighted by atomic mass is 10.0. The van der Waals surface area contributed by atoms with E-state index in [9.17, 15) is 9.59 Å². The van der Waals surface area contributed by atoms with Crippen molar-refractivity contribution in [2.75, 3.05) is 25.2 Å². The summed E-state index contributed by atoms with van der Waals surface area (Å²) in [6, 6.07) is 13.1. The number of hydrogen-bond donors (Lipinski definition) is 0. The van der Waals surface area contributed by atoms with Crippen molar-refractivity contribution in [2.24, 2.45) is 0 Å². The molecule has 28 heavy (non-hydrogen) atoms. The molecule has 1 atom stereocenters. The normalized spacial score (nSPS) is 15.6. The van der Waals surface area contributed by atoms with Crippen LogP contribution in [-0.4, -0.2) is 38.2 Å². The number of amides is 1. The summed E-state index contributed by atoms with van der Waals surface area (Å²) in [5.74, 6) is 0.749. The first-order valence-electron chi connectivity index (χ1n) is 9.28. The third-order valence-corrected chi connectivity index (χ3v) is 4.77. The fourth-order valence-corrected chi connectivity index (χ4v) is 3.07. The number of aryl methyl sites for hydroxylation is 1. The van der Waals surface area contributed by atoms with Gasteiger partial charge in [0.1, 0.15) is 11.5 Å². The maximum Gasteiger partial charge on any atom is 0.348 e. The van der Waals surface area contributed by atoms with Gasteiger partial charge < -0.3 is 19.1 Å². The molecule has 0 saturated heterocycles. The first-order chi connectivity index (χ1) is 13.4. The van der Waals surface area contributed by atoms with Gasteiger partial charge >= 0.3 is 5.97 Å². The van der Waals surface area contributed by atoms with E-state index in [-0.39, 0.29) is 19.1 Å². The van der Waals surface area contributed by atoms with Crippen molar-refractivity contribution in [1.82, 2.24) is 0 Å². The zero-order valence-corrected chi connectivity index (χ0v) is 16.6. The van der Waals surface area contributed by atoms with Gasteiger partial charge in [-0.1, -0.05) is 38.1 Å². The van der Waals surface area contributed by atoms with Gasteiger partial charge in [-0.15, -0.1) is 0 Å². The van der Waals surface area contributed by atoms with E-state index in [4.69, 9.17) is 14.2 Å². The molecule has 2 aromatic carbocycles. The highest BCUT2D eigenvalue weighted by atomic mass is 16.6. The standard InChI is InChI=1S/C22H25NO5/c1-14(2)16-10-9-15(3)19(11-16)27-13-21(24)23-12-20(22(25)26-4)28-18-8-6-5-7-17(18)23/h5-11,14,20H,12-13H2,1-4H3. The largest absolute Gasteiger partial charge is 0.483 e. The van der Waals surface area contributed by atoms with Crippen LogP contribution in [0.1, 0.15) is 30.9 Å². The van der Waals surface area contributed by atoms with E-state index in [1.807, 2.05) is 25.1 Å². The van der Waals surface area contributed by atoms with Gasteiger partial charge in [-0.25, -0.2) is 4.79 Å². The van der Waals surface area contributed by atoms with Crippen molar-refractivity contribution in [1.29, 1.82) is 0 Å². The highest BCUT2D eigenvalue weighted by Crippen LogP contribution is 2.33. The smallest absolute Gasteiger partial charge is 0.348 e. The third-order valence-electron chi connectivity index (χ3n) is 4.77. The van der Waals surface area contributed by atoms with Crippen molar-refractivity contribution < 1.29 is 23.8 Å². The first-order valence-corrected chi connectivity index (χ1v) is 9.28. The molecule has 0 saturated carbocycles. The topological polar surface area (TPSA) is 65.1 Å². The van der Waals surface area contributed by atoms with Crippen LogP contribution in [-0.2, 0) is 14.3 Å². The minimum absolute atomic E-state index is 0.0803. The zero-order valence-electron chi connectivity index (χ0n) is 16.6. The lowest BCUT2D eigenvalue weighted by Gasteiger charge is -2.33. The van der Waals surface area contributed by atoms with Gasteiger partial charge in [0.15, 0.2) is 6.61 Å². The molecule has 1 aliphatic rings. The lowest BCUT2D eigenvalue weighted by molar-refractivity contribution is -0.148. The number of esters is 1. The number of ether oxygens (including phenoxy) is 3. The van der Waals surface area contributed by atoms with E-state index < -0.39 is 12.1 Å². The van der Waals surface area contributed by atoms with Gasteiger partial charge in [0.2, 0.25) is 6.10 Å². The number of anilines is 1. The maximum atomic E-state index is 12.9. The Labute approximate surface area is 165 Å². The minimum atomic E-state index is -0.866. The molecule has 1 unspecified atom stereocenters. The van der Waals surface area contributed by atoms with Crippen LogP contribution >= 0.6 is 0 Å². The van der Waals surface area contributed by atoms with E-state index in [2.05, 4.69) is 19.9 Å². The van der Waals surface area contributed by atoms with Crippen LogP contribution in [0.3, 0.4) is 0 Å². The molecule has 0 radical (unpaired) electrons. The Bertz CT molecular complexity index is 877. The molecule has 1 amide bonds. The number of nitrogens with zero attached hydrogens (tertiary/aromatic N) is 1. The molecule has 6 nitrogen and oxygen atoms in total. The SMILES string of the molecule is COC(=O)C1CN(C(=O)COc2cc(C(C)C)ccc2C)c2ccccc2O1. The van der Waals surface area contributed by atoms with Gasteiger partial charge in [-0.3, -0.25) is 4.79 Å². The van der Waals surface area contributed by atoms with Gasteiger partial charge in [-0.2, -0.15) is 0 Å². The van der Waals surface area contributed by atoms with Crippen molar-refractivity contribution in [3.8, 4) is 11.5 Å². The lowest BCUT2D eigenvalue weighted by Crippen LogP contribution is -2.48. The summed E-state index contributed by atoms with van der Waals surface area (Å²) in [4.78, 5) is 26.4. The molecule has 0 aliphatic carbocycles. The predicted molar refractivity (Wildman–Crippen MR) is 106 cm³/mol. The number of carbonyl (C=O) groups is 2. The molecule has 1 aliphatic heterocycles. The van der Waals surface area contributed by atoms with Crippen molar-refractivity contribution >= 4 is 17.6 Å². The van der Waals surface area contributed by atoms with Crippen LogP contribution < -0.4 is 14.4 Å². The molecule has 148 valence electrons. The van der Waals surface area contributed by atoms with Gasteiger partial charge in [0.05, 0.1) is 19.3 Å². The van der Waals surface area contributed by atoms with Crippen molar-refractivity contribution in [3.05, 3.63) is 53.6 Å². The zero-order chi connectivity index (χ0) is 20.3. The number of hydrogen-bond acceptors (Lipinski definition) is 5. The van der Waals surface area contributed by atoms with Crippen LogP contribution in [0.4, 0.5) is 5.69 Å². The van der Waals surface area contributed by atoms with Crippen LogP contribution in [0.15, 0.2) is 42.5 Å². The molecule has 1 heterocycles. The van der Waals surface area contributed by atoms with Crippen LogP contribution in [0.25, 0.3) is 0 Å². The summed E-state index contributed by atoms with van der Waals surface area (Å²) in [6.45, 7) is 6.11. The Hall–Kier alpha value is -3.02. The van der Waals surface area contributed by atoms with Crippen LogP contribution in [0, 0.1) is 6.92 Å². The quantitative estimate of drug-likeness (QED) is 0.740. The summed E-state index contributed by atoms with van der Waals surface area (Å²) in [5.41, 5.74) is 2.73. The highest BCUT2D eigenvalue weighted by molar-refractivity contribution is 5.97. The number of methoxy groups -OCH3 is 1. The van der Waals surface area contributed by atoms with Crippen molar-refractivity contribution in [3.63, 3.8) is 0 Å². The second-order valence-corrected chi connectivity index (χ2v) is 7.07. The maximum absolute atomic E-state index is 12.9. The third kappa shape index (κ3) is 4.11. The Morgan fingerprint density at radius 2 is 1.96 bits per heavy atom. The Kier molecular flexibility index (Phi) is 5.87. The molecule has 0 N–H and O–H groups in total. The fourth-order valence-electron chi connectivity index (χ4n) is 3.07. The summed E-state index contributed by atoms with van der Waals surface area (Å²) >= 11 is 0. The van der Waals surface area contributed by atoms with Crippen LogP contribution in [0.2, 0.25) is 0 Å². The molecular formula is C22H25NO5. The molecule has 3 rings (SSSR count). The van der Waals surface area contributed by atoms with Crippen LogP contribution in [0.5, 0.6) is 11.5 Å². The van der Waals surface area contributed by atoms with E-state index >= 15 is 0 Å². The number of rotatable bonds is 5. The van der Waals surface area contributed by atoms with E-state index in [0.717, 1.165) is 11.1 Å². The first kappa shape index (κ1) is 19.7. The number of benzene rings is 2. The Balaban J connectivity index is 1.78. The molecule has 0 bridgehead atoms. The van der Waals surface area contributed by atoms with E-state index in [1.165, 1.54) is 12.0 Å². The summed E-state index contributed by atoms with van der Waals surface area (Å²) < 4.78 is 16.3. The highest BCUT2D eigenvalue weighted by Gasteiger charge is 2.34. The Morgan fingerprint density at radius 1 is 1.21 bits per heavy atom. The number of para-hydroxylation sites is 2. The average molecular weight is 383 g/mol. The molecular weight excluding hydrogens is 358 g/mol. The molecule has 6 heteroatoms. The van der Waals surface area contributed by atoms with Gasteiger partial charge in [-0.05, 0) is 42.2 Å². The van der Waals surface area contributed by atoms with Crippen molar-refractivity contribution in [2.45, 2.75) is 32.8 Å². The van der Waals surface area contributed by atoms with Gasteiger partial charge in [0, 0.05) is 0 Å². The average Bonchev–Trinajstić information content (AvgIpc) is 2.71. The molecule has 0 aromatic heterocycles. The fraction of sp³-hybridized carbons (Fsp3) is 0.364. The predicted octanol–water partition coefficient (Wildman–Crippen LogP) is 3.46. The molecule has 0 fully saturated rings. The summed E-state index contributed by atoms with van der Waals surface area (Å²) in [6.07, 6.45) is -0.866. The monoisotopic (exact) mass is 383 g/mol. The van der Waals surface area contributed by atoms with E-state index in [0.29, 0.717) is 23.1 Å². The second kappa shape index (κ2) is 8.33. The second-order valence-electron chi connectivity index (χ2n) is 7.07. The Morgan fingerprint density at radius 3 is 2.68 bits per heavy atom. The number of fused-ring (bicyclic) bond motifs is 1. The van der Waals surface area contributed by atoms with Gasteiger partial charge in [0.25, 0.3) is 5.91 Å². The number of carbonyl (C=O) groups excluding carboxylic acids is 2. The summed E-state index contributed by atoms with van der Waals surface area (Å²) in [7, 11) is 1.30. The molecule has 2 aromatic rings. The minimum Gasteiger partial charge on any atom is -0.483 e. The molecule has 0 spiro atoms.